The van der Waals surface area contributed by atoms with Crippen LogP contribution in [0, 0.1) is 0 Å². The highest BCUT2D eigenvalue weighted by Gasteiger charge is 2.03. The molecule has 1 heterocycles. The van der Waals surface area contributed by atoms with Crippen molar-refractivity contribution in [1.29, 1.82) is 0 Å². The SMILES string of the molecule is CCCCCCCCCCc1ccc[n+](CCCc2ccccc2)c1. The minimum Gasteiger partial charge on any atom is -0.205 e. The summed E-state index contributed by atoms with van der Waals surface area (Å²) >= 11 is 0. The number of benzene rings is 1. The van der Waals surface area contributed by atoms with Gasteiger partial charge >= 0.3 is 0 Å². The van der Waals surface area contributed by atoms with Crippen LogP contribution in [0.3, 0.4) is 0 Å². The number of aromatic nitrogens is 1. The third-order valence-electron chi connectivity index (χ3n) is 4.96. The number of nitrogens with zero attached hydrogens (tertiary/aromatic N) is 1. The maximum atomic E-state index is 2.36. The third-order valence-corrected chi connectivity index (χ3v) is 4.96. The van der Waals surface area contributed by atoms with E-state index < -0.39 is 0 Å². The fourth-order valence-corrected chi connectivity index (χ4v) is 3.44. The van der Waals surface area contributed by atoms with Crippen molar-refractivity contribution >= 4 is 0 Å². The van der Waals surface area contributed by atoms with Gasteiger partial charge in [-0.05, 0) is 30.9 Å². The normalized spacial score (nSPS) is 10.9. The van der Waals surface area contributed by atoms with E-state index in [0.29, 0.717) is 0 Å². The van der Waals surface area contributed by atoms with Gasteiger partial charge in [0, 0.05) is 18.1 Å². The summed E-state index contributed by atoms with van der Waals surface area (Å²) in [6.45, 7) is 3.40. The molecule has 1 heteroatoms. The van der Waals surface area contributed by atoms with Crippen LogP contribution in [0.25, 0.3) is 0 Å². The highest BCUT2D eigenvalue weighted by molar-refractivity contribution is 5.14. The van der Waals surface area contributed by atoms with E-state index in [1.165, 1.54) is 75.3 Å². The molecule has 0 unspecified atom stereocenters. The van der Waals surface area contributed by atoms with E-state index in [2.05, 4.69) is 66.3 Å². The van der Waals surface area contributed by atoms with Gasteiger partial charge < -0.3 is 0 Å². The second kappa shape index (κ2) is 12.7. The van der Waals surface area contributed by atoms with Gasteiger partial charge in [0.25, 0.3) is 0 Å². The molecule has 0 bridgehead atoms. The first-order valence-corrected chi connectivity index (χ1v) is 10.4. The predicted molar refractivity (Wildman–Crippen MR) is 108 cm³/mol. The van der Waals surface area contributed by atoms with Crippen molar-refractivity contribution in [2.75, 3.05) is 0 Å². The van der Waals surface area contributed by atoms with Crippen LogP contribution < -0.4 is 4.57 Å². The summed E-state index contributed by atoms with van der Waals surface area (Å²) in [4.78, 5) is 0. The van der Waals surface area contributed by atoms with Crippen molar-refractivity contribution < 1.29 is 4.57 Å². The van der Waals surface area contributed by atoms with Crippen LogP contribution in [-0.2, 0) is 19.4 Å². The minimum atomic E-state index is 1.11. The van der Waals surface area contributed by atoms with Crippen LogP contribution in [0.15, 0.2) is 54.9 Å². The van der Waals surface area contributed by atoms with Crippen LogP contribution >= 0.6 is 0 Å². The summed E-state index contributed by atoms with van der Waals surface area (Å²) in [6.07, 6.45) is 19.3. The molecular weight excluding hydrogens is 302 g/mol. The van der Waals surface area contributed by atoms with Gasteiger partial charge in [-0.3, -0.25) is 0 Å². The Kier molecular flexibility index (Phi) is 10.00. The molecular formula is C24H36N+. The zero-order chi connectivity index (χ0) is 17.6. The first kappa shape index (κ1) is 19.7. The maximum absolute atomic E-state index is 2.36. The quantitative estimate of drug-likeness (QED) is 0.298. The Morgan fingerprint density at radius 1 is 0.640 bits per heavy atom. The van der Waals surface area contributed by atoms with Crippen LogP contribution in [0.2, 0.25) is 0 Å². The fourth-order valence-electron chi connectivity index (χ4n) is 3.44. The lowest BCUT2D eigenvalue weighted by molar-refractivity contribution is -0.697. The number of aryl methyl sites for hydroxylation is 3. The molecule has 0 amide bonds. The average Bonchev–Trinajstić information content (AvgIpc) is 2.65. The van der Waals surface area contributed by atoms with E-state index in [4.69, 9.17) is 0 Å². The summed E-state index contributed by atoms with van der Waals surface area (Å²) in [5, 5.41) is 0. The number of hydrogen-bond donors (Lipinski definition) is 0. The number of rotatable bonds is 13. The molecule has 25 heavy (non-hydrogen) atoms. The van der Waals surface area contributed by atoms with Crippen molar-refractivity contribution in [2.45, 2.75) is 84.1 Å². The van der Waals surface area contributed by atoms with Gasteiger partial charge in [0.15, 0.2) is 12.4 Å². The van der Waals surface area contributed by atoms with Gasteiger partial charge in [0.05, 0.1) is 0 Å². The van der Waals surface area contributed by atoms with Gasteiger partial charge in [0.2, 0.25) is 0 Å². The molecule has 2 aromatic rings. The summed E-state index contributed by atoms with van der Waals surface area (Å²) in [5.74, 6) is 0. The molecule has 0 aliphatic carbocycles. The van der Waals surface area contributed by atoms with Gasteiger partial charge in [-0.15, -0.1) is 0 Å². The highest BCUT2D eigenvalue weighted by Crippen LogP contribution is 2.10. The predicted octanol–water partition coefficient (Wildman–Crippen LogP) is 6.29. The lowest BCUT2D eigenvalue weighted by atomic mass is 10.0. The van der Waals surface area contributed by atoms with Crippen LogP contribution in [-0.4, -0.2) is 0 Å². The molecule has 0 atom stereocenters. The van der Waals surface area contributed by atoms with Crippen LogP contribution in [0.1, 0.15) is 75.8 Å². The highest BCUT2D eigenvalue weighted by atomic mass is 14.9. The lowest BCUT2D eigenvalue weighted by Gasteiger charge is -2.03. The van der Waals surface area contributed by atoms with Gasteiger partial charge in [-0.2, -0.15) is 0 Å². The Bertz CT molecular complexity index is 561. The van der Waals surface area contributed by atoms with Gasteiger partial charge in [0.1, 0.15) is 6.54 Å². The molecule has 0 spiro atoms. The number of pyridine rings is 1. The summed E-state index contributed by atoms with van der Waals surface area (Å²) in [6, 6.07) is 15.3. The topological polar surface area (TPSA) is 3.88 Å². The Balaban J connectivity index is 1.60. The molecule has 0 aliphatic heterocycles. The van der Waals surface area contributed by atoms with E-state index in [-0.39, 0.29) is 0 Å². The Labute approximate surface area is 155 Å². The zero-order valence-corrected chi connectivity index (χ0v) is 16.1. The minimum absolute atomic E-state index is 1.11. The van der Waals surface area contributed by atoms with E-state index in [1.807, 2.05) is 0 Å². The Hall–Kier alpha value is -1.63. The molecule has 0 saturated carbocycles. The zero-order valence-electron chi connectivity index (χ0n) is 16.1. The summed E-state index contributed by atoms with van der Waals surface area (Å²) in [7, 11) is 0. The van der Waals surface area contributed by atoms with Crippen molar-refractivity contribution in [3.8, 4) is 0 Å². The molecule has 0 saturated heterocycles. The van der Waals surface area contributed by atoms with E-state index in [1.54, 1.807) is 0 Å². The lowest BCUT2D eigenvalue weighted by Crippen LogP contribution is -2.33. The van der Waals surface area contributed by atoms with Crippen molar-refractivity contribution in [2.24, 2.45) is 0 Å². The average molecular weight is 339 g/mol. The van der Waals surface area contributed by atoms with E-state index in [0.717, 1.165) is 13.0 Å². The fraction of sp³-hybridized carbons (Fsp3) is 0.542. The standard InChI is InChI=1S/C24H36N/c1-2-3-4-5-6-7-8-10-17-24-19-14-21-25(22-24)20-13-18-23-15-11-9-12-16-23/h9,11-12,14-16,19,21-22H,2-8,10,13,17-18,20H2,1H3/q+1. The van der Waals surface area contributed by atoms with E-state index >= 15 is 0 Å². The smallest absolute Gasteiger partial charge is 0.171 e. The molecule has 2 rings (SSSR count). The number of hydrogen-bond acceptors (Lipinski definition) is 0. The second-order valence-corrected chi connectivity index (χ2v) is 7.26. The first-order chi connectivity index (χ1) is 12.4. The van der Waals surface area contributed by atoms with E-state index in [9.17, 15) is 0 Å². The number of unbranched alkanes of at least 4 members (excludes halogenated alkanes) is 7. The summed E-state index contributed by atoms with van der Waals surface area (Å²) in [5.41, 5.74) is 2.94. The first-order valence-electron chi connectivity index (χ1n) is 10.4. The summed E-state index contributed by atoms with van der Waals surface area (Å²) < 4.78 is 2.36. The maximum Gasteiger partial charge on any atom is 0.171 e. The monoisotopic (exact) mass is 338 g/mol. The largest absolute Gasteiger partial charge is 0.205 e. The molecule has 136 valence electrons. The van der Waals surface area contributed by atoms with Crippen LogP contribution in [0.5, 0.6) is 0 Å². The molecule has 1 nitrogen and oxygen atoms in total. The Morgan fingerprint density at radius 3 is 2.04 bits per heavy atom. The molecule has 0 N–H and O–H groups in total. The third kappa shape index (κ3) is 8.86. The van der Waals surface area contributed by atoms with Crippen molar-refractivity contribution in [1.82, 2.24) is 0 Å². The molecule has 1 aromatic heterocycles. The molecule has 0 radical (unpaired) electrons. The second-order valence-electron chi connectivity index (χ2n) is 7.26. The molecule has 1 aromatic carbocycles. The van der Waals surface area contributed by atoms with Gasteiger partial charge in [-0.25, -0.2) is 4.57 Å². The van der Waals surface area contributed by atoms with Crippen LogP contribution in [0.4, 0.5) is 0 Å². The van der Waals surface area contributed by atoms with Crippen molar-refractivity contribution in [3.05, 3.63) is 66.0 Å². The van der Waals surface area contributed by atoms with Gasteiger partial charge in [-0.1, -0.05) is 82.2 Å². The Morgan fingerprint density at radius 2 is 1.28 bits per heavy atom. The van der Waals surface area contributed by atoms with Crippen molar-refractivity contribution in [3.63, 3.8) is 0 Å². The molecule has 0 aliphatic rings. The molecule has 0 fully saturated rings.